The molecule has 186 valence electrons. The van der Waals surface area contributed by atoms with E-state index in [2.05, 4.69) is 0 Å². The quantitative estimate of drug-likeness (QED) is 0.363. The van der Waals surface area contributed by atoms with E-state index in [0.717, 1.165) is 11.1 Å². The number of benzene rings is 2. The molecular formula is C26H32ClN4O4+. The number of nitrogens with one attached hydrogen (secondary N) is 2. The molecule has 1 aliphatic rings. The molecule has 8 nitrogen and oxygen atoms in total. The van der Waals surface area contributed by atoms with Crippen LogP contribution in [0.2, 0.25) is 5.02 Å². The van der Waals surface area contributed by atoms with Gasteiger partial charge in [0.15, 0.2) is 5.70 Å². The van der Waals surface area contributed by atoms with E-state index in [-0.39, 0.29) is 48.3 Å². The zero-order chi connectivity index (χ0) is 25.5. The zero-order valence-corrected chi connectivity index (χ0v) is 21.0. The second-order valence-electron chi connectivity index (χ2n) is 8.55. The number of carbonyl (C=O) groups excluding carboxylic acids is 2. The van der Waals surface area contributed by atoms with Crippen molar-refractivity contribution in [3.05, 3.63) is 76.6 Å². The van der Waals surface area contributed by atoms with Crippen molar-refractivity contribution < 1.29 is 24.3 Å². The van der Waals surface area contributed by atoms with Gasteiger partial charge in [-0.1, -0.05) is 55.8 Å². The summed E-state index contributed by atoms with van der Waals surface area (Å²) in [7, 11) is 0. The number of halogens is 1. The van der Waals surface area contributed by atoms with Crippen LogP contribution in [0.25, 0.3) is 0 Å². The molecule has 0 saturated heterocycles. The molecule has 1 aliphatic heterocycles. The molecule has 0 saturated carbocycles. The van der Waals surface area contributed by atoms with Crippen LogP contribution in [-0.4, -0.2) is 52.6 Å². The Morgan fingerprint density at radius 2 is 1.86 bits per heavy atom. The highest BCUT2D eigenvalue weighted by molar-refractivity contribution is 6.30. The van der Waals surface area contributed by atoms with Crippen molar-refractivity contribution in [2.45, 2.75) is 39.7 Å². The summed E-state index contributed by atoms with van der Waals surface area (Å²) in [6.07, 6.45) is 1.78. The molecule has 0 aromatic heterocycles. The zero-order valence-electron chi connectivity index (χ0n) is 20.3. The lowest BCUT2D eigenvalue weighted by Crippen LogP contribution is -3.19. The number of hydrogen-bond donors (Lipinski definition) is 3. The fourth-order valence-corrected chi connectivity index (χ4v) is 3.97. The van der Waals surface area contributed by atoms with Gasteiger partial charge in [0, 0.05) is 30.8 Å². The molecular weight excluding hydrogens is 468 g/mol. The molecule has 0 radical (unpaired) electrons. The van der Waals surface area contributed by atoms with Gasteiger partial charge in [0.05, 0.1) is 13.1 Å². The number of hydrogen-bond acceptors (Lipinski definition) is 5. The summed E-state index contributed by atoms with van der Waals surface area (Å²) >= 11 is 6.04. The molecule has 0 bridgehead atoms. The molecule has 2 aromatic rings. The predicted octanol–water partition coefficient (Wildman–Crippen LogP) is 3.37. The van der Waals surface area contributed by atoms with Crippen LogP contribution in [0, 0.1) is 5.41 Å². The molecule has 2 aromatic carbocycles. The third-order valence-electron chi connectivity index (χ3n) is 5.77. The number of para-hydroxylation sites is 1. The Morgan fingerprint density at radius 1 is 1.17 bits per heavy atom. The fourth-order valence-electron chi connectivity index (χ4n) is 3.84. The van der Waals surface area contributed by atoms with Gasteiger partial charge in [-0.3, -0.25) is 15.2 Å². The molecule has 35 heavy (non-hydrogen) atoms. The van der Waals surface area contributed by atoms with Crippen LogP contribution < -0.4 is 9.64 Å². The average molecular weight is 500 g/mol. The smallest absolute Gasteiger partial charge is 0.426 e. The Labute approximate surface area is 210 Å². The molecule has 1 heterocycles. The maximum absolute atomic E-state index is 13.5. The van der Waals surface area contributed by atoms with Gasteiger partial charge in [-0.2, -0.15) is 4.90 Å². The second kappa shape index (κ2) is 12.0. The Bertz CT molecular complexity index is 1100. The predicted molar refractivity (Wildman–Crippen MR) is 134 cm³/mol. The van der Waals surface area contributed by atoms with Crippen LogP contribution in [-0.2, 0) is 11.3 Å². The molecule has 3 N–H and O–H groups in total. The van der Waals surface area contributed by atoms with Crippen LogP contribution in [0.5, 0.6) is 5.75 Å². The van der Waals surface area contributed by atoms with E-state index in [9.17, 15) is 14.7 Å². The fraction of sp³-hybridized carbons (Fsp3) is 0.346. The Kier molecular flexibility index (Phi) is 9.03. The lowest BCUT2D eigenvalue weighted by Gasteiger charge is -2.32. The van der Waals surface area contributed by atoms with Gasteiger partial charge in [-0.25, -0.2) is 9.59 Å². The monoisotopic (exact) mass is 499 g/mol. The number of imide groups is 1. The van der Waals surface area contributed by atoms with Gasteiger partial charge < -0.3 is 9.84 Å². The third kappa shape index (κ3) is 6.28. The summed E-state index contributed by atoms with van der Waals surface area (Å²) in [5.41, 5.74) is 1.92. The standard InChI is InChI=1S/C26H31ClN4O4/c1-4-29-17-22(24(33)30(26(29)34)14-7-15-32)31(16-19-10-12-20(27)13-11-19)25(28)35-23-9-6-5-8-21(23)18(2)3/h5-6,8-13,17-18,28,32H,4,7,14-16H2,1-3H3/p+1. The molecule has 0 aliphatic carbocycles. The number of nitrogens with zero attached hydrogens (tertiary/aromatic N) is 2. The summed E-state index contributed by atoms with van der Waals surface area (Å²) in [6.45, 7) is 6.44. The van der Waals surface area contributed by atoms with Gasteiger partial charge in [0.1, 0.15) is 5.75 Å². The van der Waals surface area contributed by atoms with Crippen molar-refractivity contribution in [3.8, 4) is 5.75 Å². The number of amides is 3. The van der Waals surface area contributed by atoms with Crippen molar-refractivity contribution in [3.63, 3.8) is 0 Å². The van der Waals surface area contributed by atoms with E-state index in [1.165, 1.54) is 16.0 Å². The first kappa shape index (κ1) is 26.4. The summed E-state index contributed by atoms with van der Waals surface area (Å²) in [5.74, 6) is 0.240. The van der Waals surface area contributed by atoms with Gasteiger partial charge in [-0.15, -0.1) is 0 Å². The molecule has 1 unspecified atom stereocenters. The van der Waals surface area contributed by atoms with Crippen molar-refractivity contribution in [1.82, 2.24) is 9.80 Å². The first-order chi connectivity index (χ1) is 16.8. The van der Waals surface area contributed by atoms with Gasteiger partial charge >= 0.3 is 11.9 Å². The molecule has 3 amide bonds. The minimum atomic E-state index is -0.465. The number of aliphatic hydroxyl groups excluding tert-OH is 1. The van der Waals surface area contributed by atoms with Crippen LogP contribution in [0.3, 0.4) is 0 Å². The molecule has 0 spiro atoms. The number of amidine groups is 1. The number of urea groups is 1. The lowest BCUT2D eigenvalue weighted by molar-refractivity contribution is -0.736. The first-order valence-corrected chi connectivity index (χ1v) is 12.1. The number of carbonyl (C=O) groups is 2. The summed E-state index contributed by atoms with van der Waals surface area (Å²) in [5, 5.41) is 18.7. The van der Waals surface area contributed by atoms with E-state index in [4.69, 9.17) is 21.7 Å². The highest BCUT2D eigenvalue weighted by atomic mass is 35.5. The van der Waals surface area contributed by atoms with Crippen molar-refractivity contribution >= 4 is 29.6 Å². The van der Waals surface area contributed by atoms with E-state index in [1.807, 2.05) is 51.1 Å². The van der Waals surface area contributed by atoms with Gasteiger partial charge in [-0.05, 0) is 42.2 Å². The minimum absolute atomic E-state index is 0.0925. The maximum Gasteiger partial charge on any atom is 0.429 e. The largest absolute Gasteiger partial charge is 0.429 e. The molecule has 0 fully saturated rings. The van der Waals surface area contributed by atoms with Crippen molar-refractivity contribution in [2.24, 2.45) is 0 Å². The Balaban J connectivity index is 2.02. The van der Waals surface area contributed by atoms with Crippen LogP contribution in [0.1, 0.15) is 44.2 Å². The Morgan fingerprint density at radius 3 is 2.49 bits per heavy atom. The number of rotatable bonds is 9. The van der Waals surface area contributed by atoms with Crippen LogP contribution >= 0.6 is 11.6 Å². The Hall–Kier alpha value is -3.20. The third-order valence-corrected chi connectivity index (χ3v) is 6.02. The lowest BCUT2D eigenvalue weighted by atomic mass is 10.0. The highest BCUT2D eigenvalue weighted by Gasteiger charge is 2.42. The van der Waals surface area contributed by atoms with E-state index in [1.54, 1.807) is 18.2 Å². The normalized spacial score (nSPS) is 15.9. The number of ether oxygens (including phenoxy) is 1. The SMILES string of the molecule is CCN1C=C(N(Cc2ccc(Cl)cc2)C(=N)Oc2ccccc2C(C)C)C(=O)[NH+](CCCO)C1=O. The van der Waals surface area contributed by atoms with Gasteiger partial charge in [0.2, 0.25) is 0 Å². The number of aliphatic hydroxyl groups is 1. The van der Waals surface area contributed by atoms with Gasteiger partial charge in [0.25, 0.3) is 6.02 Å². The number of quaternary nitrogens is 1. The highest BCUT2D eigenvalue weighted by Crippen LogP contribution is 2.27. The van der Waals surface area contributed by atoms with E-state index >= 15 is 0 Å². The molecule has 1 atom stereocenters. The minimum Gasteiger partial charge on any atom is -0.426 e. The van der Waals surface area contributed by atoms with E-state index in [0.29, 0.717) is 23.7 Å². The molecule has 3 rings (SSSR count). The molecule has 9 heteroatoms. The summed E-state index contributed by atoms with van der Waals surface area (Å²) in [6, 6.07) is 14.0. The first-order valence-electron chi connectivity index (χ1n) is 11.7. The average Bonchev–Trinajstić information content (AvgIpc) is 2.84. The second-order valence-corrected chi connectivity index (χ2v) is 8.99. The van der Waals surface area contributed by atoms with Crippen LogP contribution in [0.15, 0.2) is 60.4 Å². The maximum atomic E-state index is 13.5. The summed E-state index contributed by atoms with van der Waals surface area (Å²) < 4.78 is 6.02. The van der Waals surface area contributed by atoms with Crippen LogP contribution in [0.4, 0.5) is 4.79 Å². The van der Waals surface area contributed by atoms with Crippen molar-refractivity contribution in [1.29, 1.82) is 5.41 Å². The summed E-state index contributed by atoms with van der Waals surface area (Å²) in [4.78, 5) is 29.3. The van der Waals surface area contributed by atoms with E-state index < -0.39 is 5.91 Å². The van der Waals surface area contributed by atoms with Crippen molar-refractivity contribution in [2.75, 3.05) is 19.7 Å². The topological polar surface area (TPSA) is 98.4 Å².